The average Bonchev–Trinajstić information content (AvgIpc) is 3.08. The van der Waals surface area contributed by atoms with Gasteiger partial charge in [0, 0.05) is 17.2 Å². The maximum absolute atomic E-state index is 6.33. The largest absolute Gasteiger partial charge is 0.324 e. The number of fused-ring (bicyclic) bond motifs is 1. The van der Waals surface area contributed by atoms with E-state index in [0.29, 0.717) is 0 Å². The van der Waals surface area contributed by atoms with Crippen LogP contribution in [0.3, 0.4) is 0 Å². The Morgan fingerprint density at radius 1 is 1.18 bits per heavy atom. The van der Waals surface area contributed by atoms with E-state index >= 15 is 0 Å². The molecule has 2 N–H and O–H groups in total. The summed E-state index contributed by atoms with van der Waals surface area (Å²) < 4.78 is 0. The molecule has 0 unspecified atom stereocenters. The molecular weight excluding hydrogens is 210 g/mol. The summed E-state index contributed by atoms with van der Waals surface area (Å²) in [6.45, 7) is 4.33. The molecule has 17 heavy (non-hydrogen) atoms. The summed E-state index contributed by atoms with van der Waals surface area (Å²) in [4.78, 5) is 9.18. The molecule has 3 nitrogen and oxygen atoms in total. The van der Waals surface area contributed by atoms with Gasteiger partial charge in [0.05, 0.1) is 16.7 Å². The van der Waals surface area contributed by atoms with E-state index in [1.54, 1.807) is 0 Å². The van der Waals surface area contributed by atoms with Gasteiger partial charge in [-0.2, -0.15) is 0 Å². The zero-order valence-corrected chi connectivity index (χ0v) is 10.3. The summed E-state index contributed by atoms with van der Waals surface area (Å²) in [5.41, 5.74) is 9.01. The summed E-state index contributed by atoms with van der Waals surface area (Å²) in [6.07, 6.45) is 4.03. The Morgan fingerprint density at radius 3 is 2.47 bits per heavy atom. The summed E-state index contributed by atoms with van der Waals surface area (Å²) in [6, 6.07) is 7.95. The number of nitrogens with two attached hydrogens (primary N) is 1. The van der Waals surface area contributed by atoms with Crippen molar-refractivity contribution in [2.75, 3.05) is 0 Å². The topological polar surface area (TPSA) is 51.8 Å². The van der Waals surface area contributed by atoms with Crippen LogP contribution in [0.25, 0.3) is 11.0 Å². The van der Waals surface area contributed by atoms with E-state index in [2.05, 4.69) is 18.8 Å². The number of para-hydroxylation sites is 2. The van der Waals surface area contributed by atoms with Gasteiger partial charge in [-0.25, -0.2) is 4.98 Å². The van der Waals surface area contributed by atoms with Crippen molar-refractivity contribution in [3.63, 3.8) is 0 Å². The molecule has 1 aliphatic rings. The Kier molecular flexibility index (Phi) is 2.05. The van der Waals surface area contributed by atoms with Crippen LogP contribution in [-0.2, 0) is 5.41 Å². The van der Waals surface area contributed by atoms with Crippen LogP contribution in [0.2, 0.25) is 0 Å². The van der Waals surface area contributed by atoms with Crippen LogP contribution in [0.1, 0.15) is 32.4 Å². The van der Waals surface area contributed by atoms with Gasteiger partial charge in [0.2, 0.25) is 0 Å². The fraction of sp³-hybridized carbons (Fsp3) is 0.429. The number of rotatable bonds is 2. The Hall–Kier alpha value is -1.48. The molecule has 0 radical (unpaired) electrons. The Balaban J connectivity index is 2.12. The van der Waals surface area contributed by atoms with E-state index in [4.69, 9.17) is 10.7 Å². The van der Waals surface area contributed by atoms with Crippen LogP contribution >= 0.6 is 0 Å². The standard InChI is InChI=1S/C14H17N3/c1-13(2,14(15)7-8-14)12-9-16-10-5-3-4-6-11(10)17-12/h3-6,9H,7-8,15H2,1-2H3. The zero-order chi connectivity index (χ0) is 12.1. The highest BCUT2D eigenvalue weighted by molar-refractivity contribution is 5.73. The molecule has 0 amide bonds. The van der Waals surface area contributed by atoms with E-state index in [0.717, 1.165) is 29.6 Å². The molecule has 0 bridgehead atoms. The molecule has 2 aromatic rings. The number of hydrogen-bond donors (Lipinski definition) is 1. The number of aromatic nitrogens is 2. The molecule has 1 aromatic heterocycles. The van der Waals surface area contributed by atoms with Crippen LogP contribution < -0.4 is 5.73 Å². The van der Waals surface area contributed by atoms with Gasteiger partial charge in [-0.15, -0.1) is 0 Å². The molecule has 1 fully saturated rings. The molecule has 0 spiro atoms. The van der Waals surface area contributed by atoms with Crippen molar-refractivity contribution in [1.82, 2.24) is 9.97 Å². The molecule has 88 valence electrons. The highest BCUT2D eigenvalue weighted by Crippen LogP contribution is 2.48. The quantitative estimate of drug-likeness (QED) is 0.857. The molecule has 3 rings (SSSR count). The van der Waals surface area contributed by atoms with Crippen molar-refractivity contribution < 1.29 is 0 Å². The van der Waals surface area contributed by atoms with Gasteiger partial charge in [0.25, 0.3) is 0 Å². The van der Waals surface area contributed by atoms with Gasteiger partial charge < -0.3 is 5.73 Å². The molecule has 1 saturated carbocycles. The molecule has 1 aliphatic carbocycles. The minimum Gasteiger partial charge on any atom is -0.324 e. The Morgan fingerprint density at radius 2 is 1.82 bits per heavy atom. The number of hydrogen-bond acceptors (Lipinski definition) is 3. The summed E-state index contributed by atoms with van der Waals surface area (Å²) in [7, 11) is 0. The molecule has 0 atom stereocenters. The first-order chi connectivity index (χ1) is 8.03. The van der Waals surface area contributed by atoms with Gasteiger partial charge >= 0.3 is 0 Å². The molecule has 0 aliphatic heterocycles. The molecule has 3 heteroatoms. The summed E-state index contributed by atoms with van der Waals surface area (Å²) in [5, 5.41) is 0. The maximum atomic E-state index is 6.33. The van der Waals surface area contributed by atoms with Crippen LogP contribution in [0.5, 0.6) is 0 Å². The molecule has 1 aromatic carbocycles. The van der Waals surface area contributed by atoms with Crippen molar-refractivity contribution in [2.24, 2.45) is 5.73 Å². The third kappa shape index (κ3) is 1.53. The lowest BCUT2D eigenvalue weighted by molar-refractivity contribution is 0.381. The van der Waals surface area contributed by atoms with Crippen molar-refractivity contribution in [1.29, 1.82) is 0 Å². The second-order valence-corrected chi connectivity index (χ2v) is 5.53. The van der Waals surface area contributed by atoms with E-state index < -0.39 is 0 Å². The first-order valence-electron chi connectivity index (χ1n) is 6.04. The first kappa shape index (κ1) is 10.7. The predicted molar refractivity (Wildman–Crippen MR) is 68.7 cm³/mol. The van der Waals surface area contributed by atoms with E-state index in [1.807, 2.05) is 30.5 Å². The summed E-state index contributed by atoms with van der Waals surface area (Å²) in [5.74, 6) is 0. The predicted octanol–water partition coefficient (Wildman–Crippen LogP) is 2.40. The van der Waals surface area contributed by atoms with Gasteiger partial charge in [-0.05, 0) is 25.0 Å². The van der Waals surface area contributed by atoms with Gasteiger partial charge in [0.15, 0.2) is 0 Å². The van der Waals surface area contributed by atoms with Crippen molar-refractivity contribution >= 4 is 11.0 Å². The fourth-order valence-electron chi connectivity index (χ4n) is 2.27. The van der Waals surface area contributed by atoms with Crippen molar-refractivity contribution in [3.8, 4) is 0 Å². The van der Waals surface area contributed by atoms with Crippen molar-refractivity contribution in [2.45, 2.75) is 37.6 Å². The minimum absolute atomic E-state index is 0.0931. The second kappa shape index (κ2) is 3.26. The Labute approximate surface area is 101 Å². The summed E-state index contributed by atoms with van der Waals surface area (Å²) >= 11 is 0. The van der Waals surface area contributed by atoms with Gasteiger partial charge in [-0.3, -0.25) is 4.98 Å². The van der Waals surface area contributed by atoms with E-state index in [9.17, 15) is 0 Å². The van der Waals surface area contributed by atoms with Crippen LogP contribution in [0.4, 0.5) is 0 Å². The lowest BCUT2D eigenvalue weighted by atomic mass is 9.79. The monoisotopic (exact) mass is 227 g/mol. The zero-order valence-electron chi connectivity index (χ0n) is 10.3. The SMILES string of the molecule is CC(C)(c1cnc2ccccc2n1)C1(N)CC1. The maximum Gasteiger partial charge on any atom is 0.0890 e. The molecule has 1 heterocycles. The third-order valence-corrected chi connectivity index (χ3v) is 4.12. The number of nitrogens with zero attached hydrogens (tertiary/aromatic N) is 2. The Bertz CT molecular complexity index is 570. The lowest BCUT2D eigenvalue weighted by Gasteiger charge is -2.31. The smallest absolute Gasteiger partial charge is 0.0890 e. The fourth-order valence-corrected chi connectivity index (χ4v) is 2.27. The van der Waals surface area contributed by atoms with Crippen LogP contribution in [-0.4, -0.2) is 15.5 Å². The van der Waals surface area contributed by atoms with Crippen LogP contribution in [0.15, 0.2) is 30.5 Å². The highest BCUT2D eigenvalue weighted by Gasteiger charge is 2.52. The van der Waals surface area contributed by atoms with Gasteiger partial charge in [-0.1, -0.05) is 26.0 Å². The highest BCUT2D eigenvalue weighted by atomic mass is 14.9. The van der Waals surface area contributed by atoms with E-state index in [1.165, 1.54) is 0 Å². The minimum atomic E-state index is -0.107. The average molecular weight is 227 g/mol. The number of benzene rings is 1. The lowest BCUT2D eigenvalue weighted by Crippen LogP contribution is -2.43. The van der Waals surface area contributed by atoms with E-state index in [-0.39, 0.29) is 11.0 Å². The molecule has 0 saturated heterocycles. The van der Waals surface area contributed by atoms with Crippen LogP contribution in [0, 0.1) is 0 Å². The molecular formula is C14H17N3. The third-order valence-electron chi connectivity index (χ3n) is 4.12. The normalized spacial score (nSPS) is 18.3. The van der Waals surface area contributed by atoms with Crippen molar-refractivity contribution in [3.05, 3.63) is 36.2 Å². The second-order valence-electron chi connectivity index (χ2n) is 5.53. The first-order valence-corrected chi connectivity index (χ1v) is 6.04. The van der Waals surface area contributed by atoms with Gasteiger partial charge in [0.1, 0.15) is 0 Å².